The van der Waals surface area contributed by atoms with E-state index in [-0.39, 0.29) is 5.78 Å². The molecule has 0 spiro atoms. The first kappa shape index (κ1) is 13.0. The Bertz CT molecular complexity index is 585. The quantitative estimate of drug-likeness (QED) is 0.608. The summed E-state index contributed by atoms with van der Waals surface area (Å²) >= 11 is 0. The number of hydrogen-bond acceptors (Lipinski definition) is 3. The largest absolute Gasteiger partial charge is 0.497 e. The molecule has 0 amide bonds. The van der Waals surface area contributed by atoms with E-state index in [1.807, 2.05) is 24.3 Å². The average Bonchev–Trinajstić information content (AvgIpc) is 2.48. The molecule has 0 saturated heterocycles. The molecule has 19 heavy (non-hydrogen) atoms. The first-order chi connectivity index (χ1) is 9.22. The standard InChI is InChI=1S/C16H14O3/c1-19-15-7-5-12(6-8-15)10-16(18)14-4-2-3-13(9-14)11-17/h2-9,11H,10H2,1H3. The molecule has 0 radical (unpaired) electrons. The summed E-state index contributed by atoms with van der Waals surface area (Å²) in [5.74, 6) is 0.757. The molecule has 0 aliphatic heterocycles. The molecule has 3 nitrogen and oxygen atoms in total. The lowest BCUT2D eigenvalue weighted by Crippen LogP contribution is -2.04. The van der Waals surface area contributed by atoms with Crippen LogP contribution in [-0.2, 0) is 6.42 Å². The average molecular weight is 254 g/mol. The molecule has 96 valence electrons. The summed E-state index contributed by atoms with van der Waals surface area (Å²) in [5.41, 5.74) is 1.99. The Morgan fingerprint density at radius 2 is 1.89 bits per heavy atom. The van der Waals surface area contributed by atoms with E-state index in [0.29, 0.717) is 17.5 Å². The predicted molar refractivity (Wildman–Crippen MR) is 72.9 cm³/mol. The third-order valence-corrected chi connectivity index (χ3v) is 2.87. The van der Waals surface area contributed by atoms with Gasteiger partial charge < -0.3 is 4.74 Å². The molecule has 0 bridgehead atoms. The Kier molecular flexibility index (Phi) is 4.08. The maximum atomic E-state index is 12.1. The van der Waals surface area contributed by atoms with E-state index in [4.69, 9.17) is 4.74 Å². The maximum absolute atomic E-state index is 12.1. The van der Waals surface area contributed by atoms with E-state index in [1.165, 1.54) is 0 Å². The number of ketones is 1. The number of rotatable bonds is 5. The van der Waals surface area contributed by atoms with Crippen molar-refractivity contribution in [2.75, 3.05) is 7.11 Å². The highest BCUT2D eigenvalue weighted by molar-refractivity contribution is 5.98. The van der Waals surface area contributed by atoms with Gasteiger partial charge in [0.2, 0.25) is 0 Å². The van der Waals surface area contributed by atoms with Crippen LogP contribution in [0.5, 0.6) is 5.75 Å². The van der Waals surface area contributed by atoms with Crippen molar-refractivity contribution in [2.45, 2.75) is 6.42 Å². The van der Waals surface area contributed by atoms with E-state index >= 15 is 0 Å². The summed E-state index contributed by atoms with van der Waals surface area (Å²) in [6.45, 7) is 0. The van der Waals surface area contributed by atoms with Crippen LogP contribution in [0.15, 0.2) is 48.5 Å². The lowest BCUT2D eigenvalue weighted by molar-refractivity contribution is 0.0993. The number of benzene rings is 2. The van der Waals surface area contributed by atoms with Gasteiger partial charge in [0.05, 0.1) is 7.11 Å². The zero-order valence-corrected chi connectivity index (χ0v) is 10.6. The molecule has 0 heterocycles. The highest BCUT2D eigenvalue weighted by atomic mass is 16.5. The van der Waals surface area contributed by atoms with Gasteiger partial charge in [0.15, 0.2) is 5.78 Å². The van der Waals surface area contributed by atoms with Gasteiger partial charge >= 0.3 is 0 Å². The van der Waals surface area contributed by atoms with Crippen molar-refractivity contribution in [3.63, 3.8) is 0 Å². The van der Waals surface area contributed by atoms with Gasteiger partial charge in [-0.15, -0.1) is 0 Å². The zero-order valence-electron chi connectivity index (χ0n) is 10.6. The number of methoxy groups -OCH3 is 1. The van der Waals surface area contributed by atoms with Crippen LogP contribution in [0.4, 0.5) is 0 Å². The third kappa shape index (κ3) is 3.28. The highest BCUT2D eigenvalue weighted by Gasteiger charge is 2.07. The van der Waals surface area contributed by atoms with Crippen molar-refractivity contribution in [1.82, 2.24) is 0 Å². The van der Waals surface area contributed by atoms with Crippen LogP contribution in [0, 0.1) is 0 Å². The van der Waals surface area contributed by atoms with Crippen LogP contribution in [0.3, 0.4) is 0 Å². The summed E-state index contributed by atoms with van der Waals surface area (Å²) in [5, 5.41) is 0. The normalized spacial score (nSPS) is 9.95. The number of carbonyl (C=O) groups excluding carboxylic acids is 2. The molecular formula is C16H14O3. The molecule has 2 rings (SSSR count). The first-order valence-electron chi connectivity index (χ1n) is 5.94. The smallest absolute Gasteiger partial charge is 0.167 e. The second-order valence-electron chi connectivity index (χ2n) is 4.19. The Hall–Kier alpha value is -2.42. The van der Waals surface area contributed by atoms with Crippen molar-refractivity contribution in [1.29, 1.82) is 0 Å². The predicted octanol–water partition coefficient (Wildman–Crippen LogP) is 2.93. The van der Waals surface area contributed by atoms with Crippen molar-refractivity contribution < 1.29 is 14.3 Å². The minimum absolute atomic E-state index is 0.00568. The molecule has 0 N–H and O–H groups in total. The van der Waals surface area contributed by atoms with Gasteiger partial charge in [0, 0.05) is 17.5 Å². The van der Waals surface area contributed by atoms with Gasteiger partial charge in [-0.1, -0.05) is 30.3 Å². The van der Waals surface area contributed by atoms with Gasteiger partial charge in [0.25, 0.3) is 0 Å². The fraction of sp³-hybridized carbons (Fsp3) is 0.125. The molecule has 0 unspecified atom stereocenters. The van der Waals surface area contributed by atoms with Gasteiger partial charge in [0.1, 0.15) is 12.0 Å². The van der Waals surface area contributed by atoms with E-state index in [9.17, 15) is 9.59 Å². The number of carbonyl (C=O) groups is 2. The van der Waals surface area contributed by atoms with Gasteiger partial charge in [-0.05, 0) is 23.8 Å². The van der Waals surface area contributed by atoms with Crippen LogP contribution in [0.1, 0.15) is 26.3 Å². The number of ether oxygens (including phenoxy) is 1. The number of aldehydes is 1. The van der Waals surface area contributed by atoms with Crippen molar-refractivity contribution in [3.8, 4) is 5.75 Å². The SMILES string of the molecule is COc1ccc(CC(=O)c2cccc(C=O)c2)cc1. The molecule has 0 saturated carbocycles. The summed E-state index contributed by atoms with van der Waals surface area (Å²) in [6.07, 6.45) is 1.05. The molecule has 0 aliphatic rings. The lowest BCUT2D eigenvalue weighted by Gasteiger charge is -2.04. The summed E-state index contributed by atoms with van der Waals surface area (Å²) in [6, 6.07) is 14.1. The van der Waals surface area contributed by atoms with Gasteiger partial charge in [-0.2, -0.15) is 0 Å². The molecule has 3 heteroatoms. The van der Waals surface area contributed by atoms with Gasteiger partial charge in [-0.3, -0.25) is 9.59 Å². The van der Waals surface area contributed by atoms with Crippen LogP contribution in [-0.4, -0.2) is 19.2 Å². The monoisotopic (exact) mass is 254 g/mol. The molecule has 0 fully saturated rings. The molecule has 0 aliphatic carbocycles. The Morgan fingerprint density at radius 1 is 1.16 bits per heavy atom. The van der Waals surface area contributed by atoms with Crippen LogP contribution >= 0.6 is 0 Å². The third-order valence-electron chi connectivity index (χ3n) is 2.87. The highest BCUT2D eigenvalue weighted by Crippen LogP contribution is 2.14. The fourth-order valence-electron chi connectivity index (χ4n) is 1.82. The topological polar surface area (TPSA) is 43.4 Å². The van der Waals surface area contributed by atoms with Crippen LogP contribution < -0.4 is 4.74 Å². The molecule has 0 atom stereocenters. The minimum Gasteiger partial charge on any atom is -0.497 e. The summed E-state index contributed by atoms with van der Waals surface area (Å²) < 4.78 is 5.07. The summed E-state index contributed by atoms with van der Waals surface area (Å²) in [7, 11) is 1.60. The lowest BCUT2D eigenvalue weighted by atomic mass is 10.0. The second-order valence-corrected chi connectivity index (χ2v) is 4.19. The molecule has 2 aromatic carbocycles. The first-order valence-corrected chi connectivity index (χ1v) is 5.94. The molecule has 2 aromatic rings. The van der Waals surface area contributed by atoms with Crippen molar-refractivity contribution in [2.24, 2.45) is 0 Å². The van der Waals surface area contributed by atoms with E-state index < -0.39 is 0 Å². The van der Waals surface area contributed by atoms with E-state index in [1.54, 1.807) is 31.4 Å². The second kappa shape index (κ2) is 5.96. The molecular weight excluding hydrogens is 240 g/mol. The van der Waals surface area contributed by atoms with Crippen molar-refractivity contribution >= 4 is 12.1 Å². The van der Waals surface area contributed by atoms with Crippen LogP contribution in [0.25, 0.3) is 0 Å². The van der Waals surface area contributed by atoms with E-state index in [2.05, 4.69) is 0 Å². The van der Waals surface area contributed by atoms with Crippen LogP contribution in [0.2, 0.25) is 0 Å². The van der Waals surface area contributed by atoms with E-state index in [0.717, 1.165) is 17.6 Å². The number of hydrogen-bond donors (Lipinski definition) is 0. The zero-order chi connectivity index (χ0) is 13.7. The van der Waals surface area contributed by atoms with Crippen molar-refractivity contribution in [3.05, 3.63) is 65.2 Å². The fourth-order valence-corrected chi connectivity index (χ4v) is 1.82. The number of Topliss-reactive ketones (excluding diaryl/α,β-unsaturated/α-hetero) is 1. The Morgan fingerprint density at radius 3 is 2.53 bits per heavy atom. The maximum Gasteiger partial charge on any atom is 0.167 e. The minimum atomic E-state index is -0.00568. The Labute approximate surface area is 111 Å². The Balaban J connectivity index is 2.13. The molecule has 0 aromatic heterocycles. The summed E-state index contributed by atoms with van der Waals surface area (Å²) in [4.78, 5) is 22.8. The van der Waals surface area contributed by atoms with Gasteiger partial charge in [-0.25, -0.2) is 0 Å².